The molecule has 0 aromatic carbocycles. The van der Waals surface area contributed by atoms with Crippen molar-refractivity contribution in [1.82, 2.24) is 24.6 Å². The highest BCUT2D eigenvalue weighted by molar-refractivity contribution is 7.13. The van der Waals surface area contributed by atoms with Gasteiger partial charge in [-0.2, -0.15) is 5.10 Å². The lowest BCUT2D eigenvalue weighted by Gasteiger charge is -2.26. The Morgan fingerprint density at radius 1 is 1.31 bits per heavy atom. The van der Waals surface area contributed by atoms with Crippen LogP contribution in [0.2, 0.25) is 0 Å². The summed E-state index contributed by atoms with van der Waals surface area (Å²) in [4.78, 5) is 25.1. The van der Waals surface area contributed by atoms with Gasteiger partial charge in [-0.1, -0.05) is 6.07 Å². The van der Waals surface area contributed by atoms with E-state index in [9.17, 15) is 4.79 Å². The van der Waals surface area contributed by atoms with Gasteiger partial charge in [0.25, 0.3) is 11.9 Å². The first kappa shape index (κ1) is 15.7. The third-order valence-corrected chi connectivity index (χ3v) is 6.41. The predicted octanol–water partition coefficient (Wildman–Crippen LogP) is 3.32. The summed E-state index contributed by atoms with van der Waals surface area (Å²) in [5, 5.41) is 6.44. The molecule has 2 atom stereocenters. The topological polar surface area (TPSA) is 63.9 Å². The van der Waals surface area contributed by atoms with Crippen LogP contribution in [-0.4, -0.2) is 43.1 Å². The maximum atomic E-state index is 13.0. The summed E-state index contributed by atoms with van der Waals surface area (Å²) in [5.74, 6) is 1.27. The molecule has 3 aromatic heterocycles. The van der Waals surface area contributed by atoms with Crippen LogP contribution in [0.15, 0.2) is 36.0 Å². The third-order valence-electron chi connectivity index (χ3n) is 5.52. The van der Waals surface area contributed by atoms with Crippen molar-refractivity contribution in [2.24, 2.45) is 5.92 Å². The van der Waals surface area contributed by atoms with E-state index in [-0.39, 0.29) is 5.91 Å². The fraction of sp³-hybridized carbons (Fsp3) is 0.368. The number of likely N-dealkylation sites (tertiary alicyclic amines) is 1. The molecule has 0 radical (unpaired) electrons. The fourth-order valence-corrected chi connectivity index (χ4v) is 4.86. The number of rotatable bonds is 3. The van der Waals surface area contributed by atoms with Gasteiger partial charge in [-0.05, 0) is 49.6 Å². The van der Waals surface area contributed by atoms with E-state index in [1.807, 2.05) is 35.4 Å². The molecule has 1 aliphatic carbocycles. The number of thiophene rings is 1. The van der Waals surface area contributed by atoms with Crippen molar-refractivity contribution in [2.45, 2.75) is 32.2 Å². The van der Waals surface area contributed by atoms with E-state index in [4.69, 9.17) is 0 Å². The first-order valence-corrected chi connectivity index (χ1v) is 9.81. The lowest BCUT2D eigenvalue weighted by Crippen LogP contribution is -2.37. The van der Waals surface area contributed by atoms with Crippen LogP contribution in [0.1, 0.15) is 35.3 Å². The van der Waals surface area contributed by atoms with Crippen molar-refractivity contribution < 1.29 is 4.79 Å². The number of aromatic nitrogens is 4. The molecule has 132 valence electrons. The minimum Gasteiger partial charge on any atom is -0.335 e. The second kappa shape index (κ2) is 6.02. The maximum absolute atomic E-state index is 13.0. The van der Waals surface area contributed by atoms with Gasteiger partial charge >= 0.3 is 0 Å². The van der Waals surface area contributed by atoms with Gasteiger partial charge in [-0.3, -0.25) is 4.79 Å². The van der Waals surface area contributed by atoms with Gasteiger partial charge in [-0.15, -0.1) is 11.3 Å². The molecule has 1 saturated carbocycles. The molecule has 1 saturated heterocycles. The first-order chi connectivity index (χ1) is 12.7. The van der Waals surface area contributed by atoms with E-state index in [2.05, 4.69) is 15.1 Å². The highest BCUT2D eigenvalue weighted by Gasteiger charge is 2.41. The van der Waals surface area contributed by atoms with Crippen molar-refractivity contribution >= 4 is 17.2 Å². The summed E-state index contributed by atoms with van der Waals surface area (Å²) in [6.45, 7) is 2.80. The summed E-state index contributed by atoms with van der Waals surface area (Å²) in [6.07, 6.45) is 6.95. The molecule has 0 spiro atoms. The smallest absolute Gasteiger partial charge is 0.257 e. The number of fused-ring (bicyclic) bond motifs is 2. The van der Waals surface area contributed by atoms with Crippen LogP contribution in [0.4, 0.5) is 0 Å². The third kappa shape index (κ3) is 2.46. The van der Waals surface area contributed by atoms with Crippen LogP contribution in [0.25, 0.3) is 16.5 Å². The van der Waals surface area contributed by atoms with E-state index in [1.54, 1.807) is 28.4 Å². The number of hydrogen-bond acceptors (Lipinski definition) is 5. The van der Waals surface area contributed by atoms with Crippen molar-refractivity contribution in [3.05, 3.63) is 47.2 Å². The Morgan fingerprint density at radius 3 is 2.96 bits per heavy atom. The number of hydrogen-bond donors (Lipinski definition) is 0. The molecule has 26 heavy (non-hydrogen) atoms. The zero-order chi connectivity index (χ0) is 17.7. The summed E-state index contributed by atoms with van der Waals surface area (Å²) in [7, 11) is 0. The maximum Gasteiger partial charge on any atom is 0.257 e. The van der Waals surface area contributed by atoms with Crippen LogP contribution in [0.5, 0.6) is 0 Å². The highest BCUT2D eigenvalue weighted by Crippen LogP contribution is 2.38. The van der Waals surface area contributed by atoms with Crippen LogP contribution < -0.4 is 0 Å². The molecule has 5 rings (SSSR count). The van der Waals surface area contributed by atoms with E-state index >= 15 is 0 Å². The van der Waals surface area contributed by atoms with Crippen LogP contribution in [-0.2, 0) is 0 Å². The van der Waals surface area contributed by atoms with Crippen molar-refractivity contribution in [3.63, 3.8) is 0 Å². The van der Waals surface area contributed by atoms with E-state index < -0.39 is 0 Å². The largest absolute Gasteiger partial charge is 0.335 e. The van der Waals surface area contributed by atoms with Gasteiger partial charge in [0.2, 0.25) is 0 Å². The van der Waals surface area contributed by atoms with E-state index in [1.165, 1.54) is 6.42 Å². The number of carbonyl (C=O) groups excluding carboxylic acids is 1. The zero-order valence-corrected chi connectivity index (χ0v) is 15.3. The second-order valence-electron chi connectivity index (χ2n) is 7.07. The van der Waals surface area contributed by atoms with Gasteiger partial charge in [0, 0.05) is 18.8 Å². The normalized spacial score (nSPS) is 21.5. The second-order valence-corrected chi connectivity index (χ2v) is 8.01. The molecule has 6 nitrogen and oxygen atoms in total. The molecule has 1 amide bonds. The first-order valence-electron chi connectivity index (χ1n) is 8.93. The Labute approximate surface area is 155 Å². The summed E-state index contributed by atoms with van der Waals surface area (Å²) in [6, 6.07) is 6.33. The molecule has 3 aromatic rings. The molecule has 2 aliphatic rings. The SMILES string of the molecule is Cc1c(C(=O)N2C[C@H]3CC[C@@H]2C3)cnn1-c1nccc(-c2cccs2)n1. The summed E-state index contributed by atoms with van der Waals surface area (Å²) < 4.78 is 1.67. The van der Waals surface area contributed by atoms with E-state index in [0.29, 0.717) is 23.5 Å². The Kier molecular flexibility index (Phi) is 3.63. The number of piperidine rings is 1. The van der Waals surface area contributed by atoms with Gasteiger partial charge in [0.05, 0.1) is 28.0 Å². The van der Waals surface area contributed by atoms with Crippen LogP contribution in [0, 0.1) is 12.8 Å². The molecule has 2 fully saturated rings. The number of nitrogens with zero attached hydrogens (tertiary/aromatic N) is 5. The highest BCUT2D eigenvalue weighted by atomic mass is 32.1. The molecule has 2 bridgehead atoms. The molecule has 0 N–H and O–H groups in total. The standard InChI is InChI=1S/C19H19N5OS/c1-12-15(18(25)23-11-13-4-5-14(23)9-13)10-21-24(12)19-20-7-6-16(22-19)17-3-2-8-26-17/h2-3,6-8,10,13-14H,4-5,9,11H2,1H3/t13-,14+/m0/s1. The lowest BCUT2D eigenvalue weighted by atomic mass is 10.1. The van der Waals surface area contributed by atoms with Crippen LogP contribution >= 0.6 is 11.3 Å². The number of amides is 1. The summed E-state index contributed by atoms with van der Waals surface area (Å²) in [5.41, 5.74) is 2.31. The Bertz CT molecular complexity index is 964. The fourth-order valence-electron chi connectivity index (χ4n) is 4.16. The molecular formula is C19H19N5OS. The lowest BCUT2D eigenvalue weighted by molar-refractivity contribution is 0.0703. The summed E-state index contributed by atoms with van der Waals surface area (Å²) >= 11 is 1.64. The predicted molar refractivity (Wildman–Crippen MR) is 99.4 cm³/mol. The minimum atomic E-state index is 0.0929. The molecular weight excluding hydrogens is 346 g/mol. The van der Waals surface area contributed by atoms with Crippen molar-refractivity contribution in [2.75, 3.05) is 6.54 Å². The monoisotopic (exact) mass is 365 g/mol. The Balaban J connectivity index is 1.47. The number of carbonyl (C=O) groups is 1. The van der Waals surface area contributed by atoms with Gasteiger partial charge in [0.1, 0.15) is 0 Å². The molecule has 4 heterocycles. The van der Waals surface area contributed by atoms with Gasteiger partial charge < -0.3 is 4.90 Å². The van der Waals surface area contributed by atoms with Crippen molar-refractivity contribution in [1.29, 1.82) is 0 Å². The van der Waals surface area contributed by atoms with Gasteiger partial charge in [-0.25, -0.2) is 14.6 Å². The molecule has 0 unspecified atom stereocenters. The average Bonchev–Trinajstić information content (AvgIpc) is 3.45. The Hall–Kier alpha value is -2.54. The van der Waals surface area contributed by atoms with Crippen LogP contribution in [0.3, 0.4) is 0 Å². The van der Waals surface area contributed by atoms with Crippen molar-refractivity contribution in [3.8, 4) is 16.5 Å². The minimum absolute atomic E-state index is 0.0929. The Morgan fingerprint density at radius 2 is 2.23 bits per heavy atom. The van der Waals surface area contributed by atoms with Gasteiger partial charge in [0.15, 0.2) is 0 Å². The zero-order valence-electron chi connectivity index (χ0n) is 14.5. The van der Waals surface area contributed by atoms with E-state index in [0.717, 1.165) is 35.7 Å². The quantitative estimate of drug-likeness (QED) is 0.714. The molecule has 1 aliphatic heterocycles. The average molecular weight is 365 g/mol. The molecule has 7 heteroatoms.